The van der Waals surface area contributed by atoms with E-state index in [0.717, 1.165) is 19.5 Å². The highest BCUT2D eigenvalue weighted by Gasteiger charge is 2.74. The molecule has 0 radical (unpaired) electrons. The number of carbonyl (C=O) groups is 3. The Morgan fingerprint density at radius 1 is 1.00 bits per heavy atom. The van der Waals surface area contributed by atoms with Crippen molar-refractivity contribution in [3.63, 3.8) is 0 Å². The molecule has 10 nitrogen and oxygen atoms in total. The van der Waals surface area contributed by atoms with Gasteiger partial charge in [0, 0.05) is 45.9 Å². The van der Waals surface area contributed by atoms with Gasteiger partial charge >= 0.3 is 5.97 Å². The molecule has 0 saturated carbocycles. The van der Waals surface area contributed by atoms with Crippen molar-refractivity contribution in [3.05, 3.63) is 24.3 Å². The van der Waals surface area contributed by atoms with Crippen molar-refractivity contribution in [1.82, 2.24) is 14.7 Å². The Balaban J connectivity index is 1.49. The van der Waals surface area contributed by atoms with Crippen LogP contribution in [0.1, 0.15) is 26.2 Å². The molecule has 3 saturated heterocycles. The summed E-state index contributed by atoms with van der Waals surface area (Å²) in [6.07, 6.45) is 9.37. The molecule has 198 valence electrons. The fourth-order valence-electron chi connectivity index (χ4n) is 6.45. The Morgan fingerprint density at radius 2 is 1.81 bits per heavy atom. The fourth-order valence-corrected chi connectivity index (χ4v) is 6.45. The Kier molecular flexibility index (Phi) is 7.22. The van der Waals surface area contributed by atoms with Crippen LogP contribution in [-0.2, 0) is 28.6 Å². The molecule has 1 spiro atoms. The van der Waals surface area contributed by atoms with Crippen LogP contribution in [0.2, 0.25) is 0 Å². The smallest absolute Gasteiger partial charge is 0.313 e. The van der Waals surface area contributed by atoms with Crippen molar-refractivity contribution in [2.45, 2.75) is 43.4 Å². The van der Waals surface area contributed by atoms with Gasteiger partial charge in [0.2, 0.25) is 11.8 Å². The lowest BCUT2D eigenvalue weighted by Gasteiger charge is -2.38. The Hall–Kier alpha value is -2.27. The van der Waals surface area contributed by atoms with Gasteiger partial charge in [-0.1, -0.05) is 24.3 Å². The number of aliphatic hydroxyl groups excluding tert-OH is 1. The summed E-state index contributed by atoms with van der Waals surface area (Å²) in [4.78, 5) is 47.0. The third-order valence-electron chi connectivity index (χ3n) is 8.18. The van der Waals surface area contributed by atoms with Gasteiger partial charge in [0.25, 0.3) is 0 Å². The molecule has 0 bridgehead atoms. The number of allylic oxidation sites excluding steroid dienone is 1. The number of morpholine rings is 1. The predicted molar refractivity (Wildman–Crippen MR) is 129 cm³/mol. The molecule has 1 N–H and O–H groups in total. The van der Waals surface area contributed by atoms with Gasteiger partial charge < -0.3 is 29.1 Å². The maximum atomic E-state index is 14.1. The summed E-state index contributed by atoms with van der Waals surface area (Å²) in [6.45, 7) is 6.86. The number of aliphatic hydroxyl groups is 1. The molecule has 3 fully saturated rings. The second-order valence-corrected chi connectivity index (χ2v) is 10.5. The maximum absolute atomic E-state index is 14.1. The molecule has 5 atom stereocenters. The summed E-state index contributed by atoms with van der Waals surface area (Å²) in [5, 5.41) is 9.50. The van der Waals surface area contributed by atoms with Crippen LogP contribution in [0.25, 0.3) is 0 Å². The highest BCUT2D eigenvalue weighted by Crippen LogP contribution is 2.57. The second kappa shape index (κ2) is 10.2. The average molecular weight is 504 g/mol. The number of esters is 1. The highest BCUT2D eigenvalue weighted by atomic mass is 16.6. The predicted octanol–water partition coefficient (Wildman–Crippen LogP) is -0.0365. The van der Waals surface area contributed by atoms with E-state index in [2.05, 4.69) is 4.90 Å². The van der Waals surface area contributed by atoms with Gasteiger partial charge in [-0.2, -0.15) is 0 Å². The summed E-state index contributed by atoms with van der Waals surface area (Å²) in [6, 6.07) is -0.904. The molecule has 2 amide bonds. The number of hydrogen-bond acceptors (Lipinski definition) is 8. The number of likely N-dealkylation sites (tertiary alicyclic amines) is 1. The lowest BCUT2D eigenvalue weighted by Crippen LogP contribution is -2.56. The molecule has 0 aromatic heterocycles. The Morgan fingerprint density at radius 3 is 2.58 bits per heavy atom. The number of rotatable bonds is 6. The Labute approximate surface area is 211 Å². The Bertz CT molecular complexity index is 932. The molecule has 1 unspecified atom stereocenters. The molecular formula is C26H37N3O7. The summed E-state index contributed by atoms with van der Waals surface area (Å²) in [5.41, 5.74) is -2.35. The van der Waals surface area contributed by atoms with Crippen molar-refractivity contribution in [2.75, 3.05) is 65.7 Å². The van der Waals surface area contributed by atoms with Gasteiger partial charge in [0.05, 0.1) is 31.3 Å². The molecule has 0 aromatic carbocycles. The maximum Gasteiger partial charge on any atom is 0.313 e. The first kappa shape index (κ1) is 25.4. The molecule has 36 heavy (non-hydrogen) atoms. The standard InChI is InChI=1S/C26H37N3O7/c1-25-7-3-2-4-16-35-24(33)20(25)19-22(31)29(10-6-15-30)21-23(32)28(9-5-8-26(19,21)36-25)12-11-27-13-17-34-18-14-27/h3,5,7-8,19-21,30H,2,4,6,9-18H2,1H3/b7-3-/t19-,20+,21?,25-,26-/m0/s1. The van der Waals surface area contributed by atoms with E-state index >= 15 is 0 Å². The number of fused-ring (bicyclic) bond motifs is 2. The minimum Gasteiger partial charge on any atom is -0.465 e. The molecule has 5 aliphatic heterocycles. The first-order valence-electron chi connectivity index (χ1n) is 13.1. The van der Waals surface area contributed by atoms with Crippen molar-refractivity contribution >= 4 is 17.8 Å². The first-order valence-corrected chi connectivity index (χ1v) is 13.1. The van der Waals surface area contributed by atoms with Crippen LogP contribution in [0.15, 0.2) is 24.3 Å². The zero-order valence-corrected chi connectivity index (χ0v) is 21.0. The molecule has 0 aromatic rings. The van der Waals surface area contributed by atoms with E-state index in [9.17, 15) is 19.5 Å². The van der Waals surface area contributed by atoms with Crippen LogP contribution in [0.3, 0.4) is 0 Å². The van der Waals surface area contributed by atoms with Crippen molar-refractivity contribution in [3.8, 4) is 0 Å². The molecular weight excluding hydrogens is 466 g/mol. The lowest BCUT2D eigenvalue weighted by molar-refractivity contribution is -0.159. The van der Waals surface area contributed by atoms with Crippen LogP contribution < -0.4 is 0 Å². The minimum atomic E-state index is -1.28. The number of amides is 2. The van der Waals surface area contributed by atoms with Crippen molar-refractivity contribution in [1.29, 1.82) is 0 Å². The van der Waals surface area contributed by atoms with Gasteiger partial charge in [-0.25, -0.2) is 0 Å². The topological polar surface area (TPSA) is 109 Å². The first-order chi connectivity index (χ1) is 17.4. The zero-order valence-electron chi connectivity index (χ0n) is 21.0. The molecule has 10 heteroatoms. The van der Waals surface area contributed by atoms with E-state index in [1.807, 2.05) is 31.2 Å². The monoisotopic (exact) mass is 503 g/mol. The second-order valence-electron chi connectivity index (χ2n) is 10.5. The van der Waals surface area contributed by atoms with Crippen LogP contribution in [-0.4, -0.2) is 121 Å². The largest absolute Gasteiger partial charge is 0.465 e. The minimum absolute atomic E-state index is 0.105. The fraction of sp³-hybridized carbons (Fsp3) is 0.731. The lowest BCUT2D eigenvalue weighted by atomic mass is 9.74. The molecule has 5 aliphatic rings. The quantitative estimate of drug-likeness (QED) is 0.398. The van der Waals surface area contributed by atoms with Gasteiger partial charge in [-0.05, 0) is 26.2 Å². The van der Waals surface area contributed by atoms with E-state index in [-0.39, 0.29) is 31.6 Å². The average Bonchev–Trinajstić information content (AvgIpc) is 3.22. The van der Waals surface area contributed by atoms with E-state index in [1.165, 1.54) is 4.90 Å². The zero-order chi connectivity index (χ0) is 25.3. The summed E-state index contributed by atoms with van der Waals surface area (Å²) in [7, 11) is 0. The van der Waals surface area contributed by atoms with E-state index in [1.54, 1.807) is 4.90 Å². The van der Waals surface area contributed by atoms with Gasteiger partial charge in [-0.15, -0.1) is 0 Å². The van der Waals surface area contributed by atoms with Crippen molar-refractivity contribution in [2.24, 2.45) is 11.8 Å². The van der Waals surface area contributed by atoms with E-state index in [0.29, 0.717) is 45.7 Å². The third kappa shape index (κ3) is 4.27. The normalized spacial score (nSPS) is 37.9. The molecule has 0 aliphatic carbocycles. The van der Waals surface area contributed by atoms with Crippen molar-refractivity contribution < 1.29 is 33.7 Å². The van der Waals surface area contributed by atoms with Gasteiger partial charge in [-0.3, -0.25) is 19.3 Å². The van der Waals surface area contributed by atoms with Gasteiger partial charge in [0.15, 0.2) is 0 Å². The highest BCUT2D eigenvalue weighted by molar-refractivity contribution is 5.99. The molecule has 5 rings (SSSR count). The summed E-state index contributed by atoms with van der Waals surface area (Å²) < 4.78 is 17.7. The van der Waals surface area contributed by atoms with Crippen LogP contribution >= 0.6 is 0 Å². The van der Waals surface area contributed by atoms with Crippen LogP contribution in [0.4, 0.5) is 0 Å². The number of carbonyl (C=O) groups excluding carboxylic acids is 3. The number of ether oxygens (including phenoxy) is 3. The number of cyclic esters (lactones) is 1. The number of hydrogen-bond donors (Lipinski definition) is 1. The SMILES string of the molecule is C[C@]12/C=C\CCCOC(=O)[C@H]1[C@H]1C(=O)N(CCCO)C3C(=O)N(CCN4CCOCC4)CC=C[C@@]31O2. The van der Waals surface area contributed by atoms with Gasteiger partial charge in [0.1, 0.15) is 17.6 Å². The summed E-state index contributed by atoms with van der Waals surface area (Å²) >= 11 is 0. The van der Waals surface area contributed by atoms with E-state index < -0.39 is 35.0 Å². The molecule has 5 heterocycles. The van der Waals surface area contributed by atoms with E-state index in [4.69, 9.17) is 14.2 Å². The third-order valence-corrected chi connectivity index (χ3v) is 8.18. The summed E-state index contributed by atoms with van der Waals surface area (Å²) in [5.74, 6) is -2.68. The van der Waals surface area contributed by atoms with Crippen LogP contribution in [0.5, 0.6) is 0 Å². The number of nitrogens with zero attached hydrogens (tertiary/aromatic N) is 3. The van der Waals surface area contributed by atoms with Crippen LogP contribution in [0, 0.1) is 11.8 Å².